The summed E-state index contributed by atoms with van der Waals surface area (Å²) in [6.07, 6.45) is 1.29. The molecule has 0 aromatic heterocycles. The highest BCUT2D eigenvalue weighted by molar-refractivity contribution is 6.02. The second-order valence-electron chi connectivity index (χ2n) is 6.42. The van der Waals surface area contributed by atoms with Crippen molar-refractivity contribution in [3.8, 4) is 17.2 Å². The smallest absolute Gasteiger partial charge is 0.195 e. The van der Waals surface area contributed by atoms with Gasteiger partial charge in [-0.1, -0.05) is 23.8 Å². The largest absolute Gasteiger partial charge is 0.508 e. The Bertz CT molecular complexity index is 802. The zero-order valence-electron chi connectivity index (χ0n) is 15.2. The third-order valence-corrected chi connectivity index (χ3v) is 4.06. The molecular weight excluding hydrogens is 332 g/mol. The fourth-order valence-electron chi connectivity index (χ4n) is 2.58. The first kappa shape index (κ1) is 19.5. The lowest BCUT2D eigenvalue weighted by atomic mass is 9.96. The molecule has 0 saturated carbocycles. The first-order valence-corrected chi connectivity index (χ1v) is 8.35. The van der Waals surface area contributed by atoms with Crippen molar-refractivity contribution in [3.63, 3.8) is 0 Å². The molecule has 0 amide bonds. The fourth-order valence-corrected chi connectivity index (χ4v) is 2.58. The third kappa shape index (κ3) is 4.86. The summed E-state index contributed by atoms with van der Waals surface area (Å²) in [5, 5.41) is 29.8. The number of hydrogen-bond donors (Lipinski definition) is 3. The summed E-state index contributed by atoms with van der Waals surface area (Å²) in [6, 6.07) is 9.28. The molecule has 0 unspecified atom stereocenters. The lowest BCUT2D eigenvalue weighted by Crippen LogP contribution is -2.23. The first-order valence-electron chi connectivity index (χ1n) is 8.35. The first-order chi connectivity index (χ1) is 12.3. The van der Waals surface area contributed by atoms with Gasteiger partial charge in [-0.3, -0.25) is 4.79 Å². The lowest BCUT2D eigenvalue weighted by Gasteiger charge is -2.15. The molecule has 138 valence electrons. The quantitative estimate of drug-likeness (QED) is 0.523. The van der Waals surface area contributed by atoms with Crippen molar-refractivity contribution in [3.05, 3.63) is 64.7 Å². The number of phenols is 2. The minimum Gasteiger partial charge on any atom is -0.508 e. The zero-order chi connectivity index (χ0) is 19.3. The summed E-state index contributed by atoms with van der Waals surface area (Å²) in [4.78, 5) is 12.7. The van der Waals surface area contributed by atoms with Crippen molar-refractivity contribution >= 4 is 5.78 Å². The molecule has 2 aromatic rings. The van der Waals surface area contributed by atoms with Crippen molar-refractivity contribution in [2.24, 2.45) is 0 Å². The van der Waals surface area contributed by atoms with Crippen molar-refractivity contribution in [2.75, 3.05) is 7.11 Å². The van der Waals surface area contributed by atoms with Gasteiger partial charge in [-0.2, -0.15) is 0 Å². The van der Waals surface area contributed by atoms with E-state index in [2.05, 4.69) is 0 Å². The minimum absolute atomic E-state index is 0.0453. The number of aromatic hydroxyl groups is 2. The predicted molar refractivity (Wildman–Crippen MR) is 99.9 cm³/mol. The van der Waals surface area contributed by atoms with E-state index in [1.807, 2.05) is 19.9 Å². The average molecular weight is 356 g/mol. The molecule has 2 rings (SSSR count). The summed E-state index contributed by atoms with van der Waals surface area (Å²) in [7, 11) is 1.41. The Morgan fingerprint density at radius 2 is 1.81 bits per heavy atom. The highest BCUT2D eigenvalue weighted by Gasteiger charge is 2.23. The molecule has 5 nitrogen and oxygen atoms in total. The van der Waals surface area contributed by atoms with Crippen LogP contribution in [-0.2, 0) is 12.8 Å². The average Bonchev–Trinajstić information content (AvgIpc) is 2.61. The fraction of sp³-hybridized carbons (Fsp3) is 0.286. The van der Waals surface area contributed by atoms with Gasteiger partial charge < -0.3 is 20.1 Å². The van der Waals surface area contributed by atoms with Gasteiger partial charge in [0.2, 0.25) is 0 Å². The van der Waals surface area contributed by atoms with Crippen LogP contribution in [0.5, 0.6) is 17.2 Å². The van der Waals surface area contributed by atoms with Gasteiger partial charge in [0.15, 0.2) is 5.78 Å². The van der Waals surface area contributed by atoms with E-state index in [1.54, 1.807) is 18.2 Å². The molecule has 0 aliphatic rings. The van der Waals surface area contributed by atoms with Crippen LogP contribution in [0.15, 0.2) is 48.0 Å². The predicted octanol–water partition coefficient (Wildman–Crippen LogP) is 3.40. The van der Waals surface area contributed by atoms with E-state index in [4.69, 9.17) is 4.74 Å². The Labute approximate surface area is 153 Å². The van der Waals surface area contributed by atoms with Crippen LogP contribution in [0.4, 0.5) is 0 Å². The van der Waals surface area contributed by atoms with E-state index >= 15 is 0 Å². The maximum Gasteiger partial charge on any atom is 0.195 e. The van der Waals surface area contributed by atoms with E-state index in [0.717, 1.165) is 11.1 Å². The van der Waals surface area contributed by atoms with Gasteiger partial charge in [-0.25, -0.2) is 0 Å². The molecule has 1 atom stereocenters. The maximum atomic E-state index is 12.7. The molecule has 0 fully saturated rings. The van der Waals surface area contributed by atoms with Crippen LogP contribution in [0.2, 0.25) is 0 Å². The van der Waals surface area contributed by atoms with Gasteiger partial charge in [0.1, 0.15) is 23.4 Å². The summed E-state index contributed by atoms with van der Waals surface area (Å²) in [6.45, 7) is 3.90. The van der Waals surface area contributed by atoms with Crippen molar-refractivity contribution < 1.29 is 24.9 Å². The molecule has 0 heterocycles. The van der Waals surface area contributed by atoms with Gasteiger partial charge in [-0.15, -0.1) is 0 Å². The number of allylic oxidation sites excluding steroid dienone is 2. The van der Waals surface area contributed by atoms with Crippen LogP contribution in [0.3, 0.4) is 0 Å². The van der Waals surface area contributed by atoms with Crippen LogP contribution in [0.1, 0.15) is 35.3 Å². The number of aliphatic hydroxyl groups is 1. The highest BCUT2D eigenvalue weighted by atomic mass is 16.5. The molecule has 0 radical (unpaired) electrons. The van der Waals surface area contributed by atoms with E-state index in [9.17, 15) is 20.1 Å². The number of ketones is 1. The van der Waals surface area contributed by atoms with Crippen molar-refractivity contribution in [2.45, 2.75) is 32.8 Å². The van der Waals surface area contributed by atoms with E-state index in [1.165, 1.54) is 25.3 Å². The number of benzene rings is 2. The van der Waals surface area contributed by atoms with Crippen LogP contribution >= 0.6 is 0 Å². The number of rotatable bonds is 7. The minimum atomic E-state index is -1.26. The van der Waals surface area contributed by atoms with Crippen LogP contribution in [0, 0.1) is 0 Å². The van der Waals surface area contributed by atoms with Crippen LogP contribution < -0.4 is 4.74 Å². The molecule has 0 bridgehead atoms. The van der Waals surface area contributed by atoms with Crippen molar-refractivity contribution in [1.29, 1.82) is 0 Å². The Morgan fingerprint density at radius 3 is 2.38 bits per heavy atom. The molecule has 0 aliphatic heterocycles. The molecule has 0 aliphatic carbocycles. The Balaban J connectivity index is 2.28. The van der Waals surface area contributed by atoms with Crippen LogP contribution in [-0.4, -0.2) is 34.3 Å². The summed E-state index contributed by atoms with van der Waals surface area (Å²) in [5.74, 6) is -0.0887. The number of carbonyl (C=O) groups is 1. The third-order valence-electron chi connectivity index (χ3n) is 4.06. The number of Topliss-reactive ketones (excluding diaryl/α,β-unsaturated/α-hetero) is 1. The van der Waals surface area contributed by atoms with Crippen LogP contribution in [0.25, 0.3) is 0 Å². The molecule has 3 N–H and O–H groups in total. The summed E-state index contributed by atoms with van der Waals surface area (Å²) in [5.41, 5.74) is 2.65. The molecule has 2 aromatic carbocycles. The van der Waals surface area contributed by atoms with Gasteiger partial charge in [0, 0.05) is 12.5 Å². The standard InChI is InChI=1S/C21H24O5/c1-13(2)4-7-15-11-17(20(26-3)12-18(15)23)21(25)19(24)10-14-5-8-16(22)9-6-14/h4-6,8-9,11-12,19,22-24H,7,10H2,1-3H3/t19-/m0/s1. The number of carbonyl (C=O) groups excluding carboxylic acids is 1. The van der Waals surface area contributed by atoms with Gasteiger partial charge in [0.05, 0.1) is 12.7 Å². The zero-order valence-corrected chi connectivity index (χ0v) is 15.2. The number of hydrogen-bond acceptors (Lipinski definition) is 5. The molecule has 26 heavy (non-hydrogen) atoms. The van der Waals surface area contributed by atoms with E-state index < -0.39 is 11.9 Å². The van der Waals surface area contributed by atoms with Gasteiger partial charge in [-0.05, 0) is 49.6 Å². The van der Waals surface area contributed by atoms with E-state index in [-0.39, 0.29) is 29.2 Å². The molecule has 0 saturated heterocycles. The Kier molecular flexibility index (Phi) is 6.41. The second kappa shape index (κ2) is 8.54. The Morgan fingerprint density at radius 1 is 1.15 bits per heavy atom. The summed E-state index contributed by atoms with van der Waals surface area (Å²) < 4.78 is 5.20. The summed E-state index contributed by atoms with van der Waals surface area (Å²) >= 11 is 0. The number of ether oxygens (including phenoxy) is 1. The normalized spacial score (nSPS) is 11.7. The monoisotopic (exact) mass is 356 g/mol. The lowest BCUT2D eigenvalue weighted by molar-refractivity contribution is 0.0744. The Hall–Kier alpha value is -2.79. The SMILES string of the molecule is COc1cc(O)c(CC=C(C)C)cc1C(=O)[C@@H](O)Cc1ccc(O)cc1. The number of methoxy groups -OCH3 is 1. The molecule has 5 heteroatoms. The van der Waals surface area contributed by atoms with Gasteiger partial charge >= 0.3 is 0 Å². The topological polar surface area (TPSA) is 87.0 Å². The van der Waals surface area contributed by atoms with E-state index in [0.29, 0.717) is 12.0 Å². The maximum absolute atomic E-state index is 12.7. The second-order valence-corrected chi connectivity index (χ2v) is 6.42. The highest BCUT2D eigenvalue weighted by Crippen LogP contribution is 2.30. The van der Waals surface area contributed by atoms with Crippen molar-refractivity contribution in [1.82, 2.24) is 0 Å². The number of aliphatic hydroxyl groups excluding tert-OH is 1. The number of phenolic OH excluding ortho intramolecular Hbond substituents is 2. The molecule has 0 spiro atoms. The molecular formula is C21H24O5. The van der Waals surface area contributed by atoms with Gasteiger partial charge in [0.25, 0.3) is 0 Å².